The number of esters is 1. The van der Waals surface area contributed by atoms with Gasteiger partial charge in [-0.1, -0.05) is 0 Å². The summed E-state index contributed by atoms with van der Waals surface area (Å²) in [6.07, 6.45) is 2.84. The average Bonchev–Trinajstić information content (AvgIpc) is 2.44. The third kappa shape index (κ3) is 3.75. The van der Waals surface area contributed by atoms with Crippen LogP contribution in [0.4, 0.5) is 14.9 Å². The molecule has 1 aliphatic rings. The Balaban J connectivity index is 2.10. The number of carbonyl (C=O) groups excluding carboxylic acids is 2. The first-order valence-corrected chi connectivity index (χ1v) is 7.48. The predicted molar refractivity (Wildman–Crippen MR) is 81.2 cm³/mol. The first kappa shape index (κ1) is 16.3. The molecule has 1 aliphatic carbocycles. The number of hydrogen-bond donors (Lipinski definition) is 0. The van der Waals surface area contributed by atoms with Gasteiger partial charge in [-0.25, -0.2) is 9.18 Å². The number of benzene rings is 1. The molecule has 5 nitrogen and oxygen atoms in total. The Bertz CT molecular complexity index is 529. The van der Waals surface area contributed by atoms with E-state index in [9.17, 15) is 14.0 Å². The highest BCUT2D eigenvalue weighted by Crippen LogP contribution is 2.26. The fraction of sp³-hybridized carbons (Fsp3) is 0.500. The van der Waals surface area contributed by atoms with E-state index in [1.165, 1.54) is 29.2 Å². The molecule has 0 aliphatic heterocycles. The van der Waals surface area contributed by atoms with Gasteiger partial charge in [0.2, 0.25) is 0 Å². The zero-order valence-corrected chi connectivity index (χ0v) is 12.9. The van der Waals surface area contributed by atoms with E-state index in [2.05, 4.69) is 0 Å². The van der Waals surface area contributed by atoms with E-state index >= 15 is 0 Å². The lowest BCUT2D eigenvalue weighted by atomic mass is 9.91. The van der Waals surface area contributed by atoms with Crippen LogP contribution in [0.1, 0.15) is 26.2 Å². The van der Waals surface area contributed by atoms with Gasteiger partial charge in [-0.2, -0.15) is 0 Å². The van der Waals surface area contributed by atoms with Crippen LogP contribution in [-0.4, -0.2) is 43.1 Å². The largest absolute Gasteiger partial charge is 0.465 e. The Morgan fingerprint density at radius 2 is 1.91 bits per heavy atom. The Kier molecular flexibility index (Phi) is 5.35. The van der Waals surface area contributed by atoms with Gasteiger partial charge < -0.3 is 9.64 Å². The fourth-order valence-electron chi connectivity index (χ4n) is 2.36. The molecule has 0 N–H and O–H groups in total. The molecule has 0 radical (unpaired) electrons. The number of carbonyl (C=O) groups is 2. The van der Waals surface area contributed by atoms with E-state index in [4.69, 9.17) is 4.74 Å². The Morgan fingerprint density at radius 3 is 2.41 bits per heavy atom. The molecule has 1 aromatic carbocycles. The SMILES string of the molecule is CCOC(=O)CN(C(=O)N(C)c1ccc(F)cc1)C1CCC1. The second kappa shape index (κ2) is 7.24. The van der Waals surface area contributed by atoms with Crippen molar-refractivity contribution in [3.05, 3.63) is 30.1 Å². The van der Waals surface area contributed by atoms with Crippen molar-refractivity contribution >= 4 is 17.7 Å². The number of halogens is 1. The molecule has 2 amide bonds. The summed E-state index contributed by atoms with van der Waals surface area (Å²) in [6, 6.07) is 5.48. The third-order valence-electron chi connectivity index (χ3n) is 3.87. The minimum atomic E-state index is -0.407. The fourth-order valence-corrected chi connectivity index (χ4v) is 2.36. The Hall–Kier alpha value is -2.11. The monoisotopic (exact) mass is 308 g/mol. The molecule has 120 valence electrons. The number of ether oxygens (including phenoxy) is 1. The molecule has 0 bridgehead atoms. The first-order chi connectivity index (χ1) is 10.5. The maximum absolute atomic E-state index is 13.0. The number of anilines is 1. The van der Waals surface area contributed by atoms with E-state index in [1.54, 1.807) is 18.9 Å². The van der Waals surface area contributed by atoms with Gasteiger partial charge in [-0.15, -0.1) is 0 Å². The van der Waals surface area contributed by atoms with Crippen LogP contribution in [-0.2, 0) is 9.53 Å². The second-order valence-corrected chi connectivity index (χ2v) is 5.34. The zero-order chi connectivity index (χ0) is 16.1. The van der Waals surface area contributed by atoms with Crippen molar-refractivity contribution < 1.29 is 18.7 Å². The quantitative estimate of drug-likeness (QED) is 0.786. The smallest absolute Gasteiger partial charge is 0.325 e. The normalized spacial score (nSPS) is 14.1. The van der Waals surface area contributed by atoms with E-state index in [1.807, 2.05) is 0 Å². The third-order valence-corrected chi connectivity index (χ3v) is 3.87. The van der Waals surface area contributed by atoms with E-state index < -0.39 is 5.97 Å². The minimum Gasteiger partial charge on any atom is -0.465 e. The van der Waals surface area contributed by atoms with Crippen molar-refractivity contribution in [3.8, 4) is 0 Å². The molecule has 2 rings (SSSR count). The van der Waals surface area contributed by atoms with Gasteiger partial charge in [0.1, 0.15) is 12.4 Å². The van der Waals surface area contributed by atoms with E-state index in [-0.39, 0.29) is 24.4 Å². The minimum absolute atomic E-state index is 0.0527. The van der Waals surface area contributed by atoms with Gasteiger partial charge in [0.25, 0.3) is 0 Å². The van der Waals surface area contributed by atoms with Crippen LogP contribution >= 0.6 is 0 Å². The molecule has 0 spiro atoms. The van der Waals surface area contributed by atoms with Crippen molar-refractivity contribution in [2.24, 2.45) is 0 Å². The number of hydrogen-bond acceptors (Lipinski definition) is 3. The molecule has 22 heavy (non-hydrogen) atoms. The highest BCUT2D eigenvalue weighted by molar-refractivity contribution is 5.93. The summed E-state index contributed by atoms with van der Waals surface area (Å²) in [7, 11) is 1.62. The molecular weight excluding hydrogens is 287 g/mol. The summed E-state index contributed by atoms with van der Waals surface area (Å²) in [5.74, 6) is -0.762. The molecule has 1 saturated carbocycles. The summed E-state index contributed by atoms with van der Waals surface area (Å²) in [5, 5.41) is 0. The van der Waals surface area contributed by atoms with Gasteiger partial charge >= 0.3 is 12.0 Å². The van der Waals surface area contributed by atoms with Crippen LogP contribution in [0.15, 0.2) is 24.3 Å². The molecule has 0 heterocycles. The van der Waals surface area contributed by atoms with Gasteiger partial charge in [0.05, 0.1) is 6.61 Å². The Labute approximate surface area is 129 Å². The summed E-state index contributed by atoms with van der Waals surface area (Å²) in [5.41, 5.74) is 0.583. The predicted octanol–water partition coefficient (Wildman–Crippen LogP) is 2.80. The topological polar surface area (TPSA) is 49.9 Å². The van der Waals surface area contributed by atoms with Crippen LogP contribution in [0.5, 0.6) is 0 Å². The van der Waals surface area contributed by atoms with Crippen LogP contribution in [0.25, 0.3) is 0 Å². The highest BCUT2D eigenvalue weighted by atomic mass is 19.1. The summed E-state index contributed by atoms with van der Waals surface area (Å²) in [6.45, 7) is 1.97. The summed E-state index contributed by atoms with van der Waals surface area (Å²) in [4.78, 5) is 27.3. The zero-order valence-electron chi connectivity index (χ0n) is 12.9. The maximum Gasteiger partial charge on any atom is 0.325 e. The summed E-state index contributed by atoms with van der Waals surface area (Å²) >= 11 is 0. The molecule has 6 heteroatoms. The van der Waals surface area contributed by atoms with Crippen LogP contribution in [0, 0.1) is 5.82 Å². The highest BCUT2D eigenvalue weighted by Gasteiger charge is 2.32. The Morgan fingerprint density at radius 1 is 1.27 bits per heavy atom. The maximum atomic E-state index is 13.0. The van der Waals surface area contributed by atoms with Crippen LogP contribution in [0.3, 0.4) is 0 Å². The number of urea groups is 1. The molecule has 0 unspecified atom stereocenters. The number of rotatable bonds is 5. The second-order valence-electron chi connectivity index (χ2n) is 5.34. The van der Waals surface area contributed by atoms with Crippen LogP contribution in [0.2, 0.25) is 0 Å². The van der Waals surface area contributed by atoms with Crippen LogP contribution < -0.4 is 4.90 Å². The van der Waals surface area contributed by atoms with Gasteiger partial charge in [0, 0.05) is 18.8 Å². The van der Waals surface area contributed by atoms with Gasteiger partial charge in [-0.05, 0) is 50.5 Å². The van der Waals surface area contributed by atoms with Crippen molar-refractivity contribution in [2.75, 3.05) is 25.1 Å². The molecule has 0 aromatic heterocycles. The summed E-state index contributed by atoms with van der Waals surface area (Å²) < 4.78 is 17.9. The number of amides is 2. The van der Waals surface area contributed by atoms with Crippen molar-refractivity contribution in [1.29, 1.82) is 0 Å². The lowest BCUT2D eigenvalue weighted by Crippen LogP contribution is -2.51. The number of nitrogens with zero attached hydrogens (tertiary/aromatic N) is 2. The molecular formula is C16H21FN2O3. The van der Waals surface area contributed by atoms with Crippen molar-refractivity contribution in [3.63, 3.8) is 0 Å². The van der Waals surface area contributed by atoms with E-state index in [0.717, 1.165) is 19.3 Å². The molecule has 1 fully saturated rings. The van der Waals surface area contributed by atoms with Gasteiger partial charge in [0.15, 0.2) is 0 Å². The average molecular weight is 308 g/mol. The standard InChI is InChI=1S/C16H21FN2O3/c1-3-22-15(20)11-19(14-5-4-6-14)16(21)18(2)13-9-7-12(17)8-10-13/h7-10,14H,3-6,11H2,1-2H3. The van der Waals surface area contributed by atoms with E-state index in [0.29, 0.717) is 12.3 Å². The lowest BCUT2D eigenvalue weighted by Gasteiger charge is -2.38. The lowest BCUT2D eigenvalue weighted by molar-refractivity contribution is -0.144. The molecule has 1 aromatic rings. The first-order valence-electron chi connectivity index (χ1n) is 7.48. The molecule has 0 saturated heterocycles. The van der Waals surface area contributed by atoms with Crippen molar-refractivity contribution in [2.45, 2.75) is 32.2 Å². The van der Waals surface area contributed by atoms with Crippen molar-refractivity contribution in [1.82, 2.24) is 4.90 Å². The molecule has 0 atom stereocenters. The van der Waals surface area contributed by atoms with Gasteiger partial charge in [-0.3, -0.25) is 9.69 Å².